The molecule has 1 spiro atoms. The summed E-state index contributed by atoms with van der Waals surface area (Å²) in [5.74, 6) is -9.76. The summed E-state index contributed by atoms with van der Waals surface area (Å²) in [7, 11) is 2.23. The third kappa shape index (κ3) is 3.65. The molecule has 5 heterocycles. The highest BCUT2D eigenvalue weighted by atomic mass is 16.7. The first-order valence-corrected chi connectivity index (χ1v) is 17.2. The molecule has 0 aromatic carbocycles. The quantitative estimate of drug-likeness (QED) is 0.140. The fraction of sp³-hybridized carbons (Fsp3) is 0.771. The number of allylic oxidation sites excluding steroid dienone is 1. The Balaban J connectivity index is 1.40. The van der Waals surface area contributed by atoms with Gasteiger partial charge in [0.15, 0.2) is 5.60 Å². The molecular formula is C35H44O16. The van der Waals surface area contributed by atoms with E-state index in [4.69, 9.17) is 42.6 Å². The highest BCUT2D eigenvalue weighted by molar-refractivity contribution is 5.88. The molecule has 0 aromatic rings. The van der Waals surface area contributed by atoms with E-state index in [2.05, 4.69) is 0 Å². The second-order valence-corrected chi connectivity index (χ2v) is 15.8. The maximum Gasteiger partial charge on any atom is 0.366 e. The van der Waals surface area contributed by atoms with Crippen LogP contribution in [0, 0.1) is 34.0 Å². The lowest BCUT2D eigenvalue weighted by Gasteiger charge is -2.65. The van der Waals surface area contributed by atoms with Crippen molar-refractivity contribution in [3.05, 3.63) is 24.0 Å². The van der Waals surface area contributed by atoms with Gasteiger partial charge in [0.1, 0.15) is 28.8 Å². The number of epoxide rings is 1. The van der Waals surface area contributed by atoms with Crippen LogP contribution in [0.4, 0.5) is 0 Å². The van der Waals surface area contributed by atoms with Gasteiger partial charge in [0, 0.05) is 47.5 Å². The van der Waals surface area contributed by atoms with Gasteiger partial charge in [-0.25, -0.2) is 9.59 Å². The fourth-order valence-electron chi connectivity index (χ4n) is 12.2. The second-order valence-electron chi connectivity index (χ2n) is 15.8. The first kappa shape index (κ1) is 34.9. The van der Waals surface area contributed by atoms with Crippen molar-refractivity contribution in [1.29, 1.82) is 0 Å². The Kier molecular flexibility index (Phi) is 7.20. The second kappa shape index (κ2) is 10.5. The average Bonchev–Trinajstić information content (AvgIpc) is 3.47. The molecule has 16 atom stereocenters. The first-order valence-electron chi connectivity index (χ1n) is 17.2. The number of esters is 4. The molecule has 3 aliphatic carbocycles. The van der Waals surface area contributed by atoms with Gasteiger partial charge in [-0.1, -0.05) is 13.0 Å². The number of carbonyl (C=O) groups excluding carboxylic acids is 4. The molecule has 16 nitrogen and oxygen atoms in total. The number of aliphatic hydroxyl groups is 3. The number of ether oxygens (including phenoxy) is 9. The monoisotopic (exact) mass is 720 g/mol. The topological polar surface area (TPSA) is 215 Å². The van der Waals surface area contributed by atoms with Crippen molar-refractivity contribution in [3.8, 4) is 0 Å². The molecule has 0 radical (unpaired) electrons. The molecule has 51 heavy (non-hydrogen) atoms. The van der Waals surface area contributed by atoms with E-state index in [1.165, 1.54) is 19.3 Å². The van der Waals surface area contributed by atoms with Crippen LogP contribution in [-0.2, 0) is 61.8 Å². The summed E-state index contributed by atoms with van der Waals surface area (Å²) in [5.41, 5.74) is -9.47. The number of hydrogen-bond donors (Lipinski definition) is 3. The van der Waals surface area contributed by atoms with E-state index in [0.717, 1.165) is 14.2 Å². The van der Waals surface area contributed by atoms with Gasteiger partial charge < -0.3 is 58.0 Å². The third-order valence-corrected chi connectivity index (χ3v) is 14.1. The lowest BCUT2D eigenvalue weighted by molar-refractivity contribution is -0.314. The number of hydrogen-bond acceptors (Lipinski definition) is 16. The summed E-state index contributed by atoms with van der Waals surface area (Å²) in [6.45, 7) is 6.88. The molecule has 2 bridgehead atoms. The Bertz CT molecular complexity index is 1660. The molecule has 0 amide bonds. The van der Waals surface area contributed by atoms with E-state index in [0.29, 0.717) is 0 Å². The predicted octanol–water partition coefficient (Wildman–Crippen LogP) is -0.203. The van der Waals surface area contributed by atoms with Gasteiger partial charge in [-0.2, -0.15) is 0 Å². The molecule has 3 N–H and O–H groups in total. The highest BCUT2D eigenvalue weighted by Crippen LogP contribution is 2.83. The molecular weight excluding hydrogens is 676 g/mol. The summed E-state index contributed by atoms with van der Waals surface area (Å²) in [5, 5.41) is 37.4. The Morgan fingerprint density at radius 2 is 1.67 bits per heavy atom. The first-order chi connectivity index (χ1) is 23.9. The summed E-state index contributed by atoms with van der Waals surface area (Å²) >= 11 is 0. The van der Waals surface area contributed by atoms with Crippen LogP contribution < -0.4 is 0 Å². The van der Waals surface area contributed by atoms with Gasteiger partial charge in [-0.15, -0.1) is 0 Å². The number of carbonyl (C=O) groups is 4. The van der Waals surface area contributed by atoms with Crippen LogP contribution in [0.25, 0.3) is 0 Å². The minimum Gasteiger partial charge on any atom is -0.469 e. The standard InChI is InChI=1S/C35H44O16/c1-8-15(2)24(38)49-18-12-19(48-16(3)36)32(26(39)43-6)13-46-21-22(32)31(18)14-47-34(42,27(40)44-7)25(31)29(4,23(21)37)35-20-11-17(30(35,5)51-35)33(41)9-10-45-28(33)50-20/h8-10,17-23,25,28,37,41-42H,11-14H2,1-7H3/b15-8+/t17?,18-,19-,20?,21+,22+,23-,25+,28?,29-,30?,31+,32+,33?,34?,35?/m0/s1. The zero-order valence-electron chi connectivity index (χ0n) is 29.4. The van der Waals surface area contributed by atoms with Crippen LogP contribution in [0.3, 0.4) is 0 Å². The van der Waals surface area contributed by atoms with Crippen LogP contribution in [0.15, 0.2) is 24.0 Å². The van der Waals surface area contributed by atoms with Crippen LogP contribution in [-0.4, -0.2) is 126 Å². The Hall–Kier alpha value is -3.12. The summed E-state index contributed by atoms with van der Waals surface area (Å²) in [6.07, 6.45) is -3.11. The van der Waals surface area contributed by atoms with Crippen molar-refractivity contribution in [2.45, 2.75) is 107 Å². The molecule has 8 rings (SSSR count). The maximum absolute atomic E-state index is 14.2. The average molecular weight is 721 g/mol. The SMILES string of the molecule is C/C=C(\C)C(=O)O[C@H]1C[C@H](OC(C)=O)[C@]2(C(=O)OC)CO[C@@H]3[C@@H]2[C@@]12COC(O)(C(=O)OC)[C@@H]2[C@@](C)(C12OC1(C)C1CC2OC2OC=CC21O)[C@H]3O. The zero-order chi connectivity index (χ0) is 36.9. The fourth-order valence-corrected chi connectivity index (χ4v) is 12.2. The number of methoxy groups -OCH3 is 2. The largest absolute Gasteiger partial charge is 0.469 e. The summed E-state index contributed by atoms with van der Waals surface area (Å²) < 4.78 is 54.0. The van der Waals surface area contributed by atoms with Crippen LogP contribution in [0.5, 0.6) is 0 Å². The minimum absolute atomic E-state index is 0.235. The Morgan fingerprint density at radius 3 is 2.31 bits per heavy atom. The van der Waals surface area contributed by atoms with Crippen molar-refractivity contribution >= 4 is 23.9 Å². The Labute approximate surface area is 293 Å². The van der Waals surface area contributed by atoms with Crippen LogP contribution in [0.2, 0.25) is 0 Å². The predicted molar refractivity (Wildman–Crippen MR) is 164 cm³/mol. The third-order valence-electron chi connectivity index (χ3n) is 14.1. The lowest BCUT2D eigenvalue weighted by Crippen LogP contribution is -2.79. The molecule has 8 aliphatic rings. The lowest BCUT2D eigenvalue weighted by atomic mass is 9.37. The molecule has 7 unspecified atom stereocenters. The van der Waals surface area contributed by atoms with Crippen molar-refractivity contribution in [1.82, 2.24) is 0 Å². The molecule has 4 saturated heterocycles. The van der Waals surface area contributed by atoms with Gasteiger partial charge in [0.2, 0.25) is 6.29 Å². The van der Waals surface area contributed by atoms with Crippen molar-refractivity contribution < 1.29 is 77.1 Å². The van der Waals surface area contributed by atoms with Gasteiger partial charge in [-0.3, -0.25) is 9.59 Å². The molecule has 7 fully saturated rings. The van der Waals surface area contributed by atoms with E-state index < -0.39 is 130 Å². The van der Waals surface area contributed by atoms with Crippen LogP contribution >= 0.6 is 0 Å². The minimum atomic E-state index is -2.82. The van der Waals surface area contributed by atoms with Gasteiger partial charge >= 0.3 is 23.9 Å². The van der Waals surface area contributed by atoms with Gasteiger partial charge in [-0.05, 0) is 33.3 Å². The number of rotatable bonds is 6. The highest BCUT2D eigenvalue weighted by Gasteiger charge is 2.97. The maximum atomic E-state index is 14.2. The smallest absolute Gasteiger partial charge is 0.366 e. The Morgan fingerprint density at radius 1 is 0.961 bits per heavy atom. The molecule has 16 heteroatoms. The van der Waals surface area contributed by atoms with Crippen molar-refractivity contribution in [3.63, 3.8) is 0 Å². The van der Waals surface area contributed by atoms with E-state index >= 15 is 0 Å². The normalized spacial score (nSPS) is 53.9. The van der Waals surface area contributed by atoms with E-state index in [-0.39, 0.29) is 18.4 Å². The van der Waals surface area contributed by atoms with Gasteiger partial charge in [0.25, 0.3) is 5.79 Å². The number of aliphatic hydroxyl groups excluding tert-OH is 1. The van der Waals surface area contributed by atoms with Crippen molar-refractivity contribution in [2.24, 2.45) is 34.0 Å². The van der Waals surface area contributed by atoms with E-state index in [1.54, 1.807) is 33.8 Å². The molecule has 5 aliphatic heterocycles. The molecule has 280 valence electrons. The van der Waals surface area contributed by atoms with E-state index in [1.807, 2.05) is 0 Å². The van der Waals surface area contributed by atoms with Crippen LogP contribution in [0.1, 0.15) is 47.5 Å². The zero-order valence-corrected chi connectivity index (χ0v) is 29.4. The van der Waals surface area contributed by atoms with Crippen molar-refractivity contribution in [2.75, 3.05) is 27.4 Å². The molecule has 0 aromatic heterocycles. The van der Waals surface area contributed by atoms with Gasteiger partial charge in [0.05, 0.1) is 52.0 Å². The van der Waals surface area contributed by atoms with E-state index in [9.17, 15) is 34.5 Å². The summed E-state index contributed by atoms with van der Waals surface area (Å²) in [4.78, 5) is 54.4. The summed E-state index contributed by atoms with van der Waals surface area (Å²) in [6, 6.07) is 0. The molecule has 3 saturated carbocycles. The number of fused-ring (bicyclic) bond motifs is 7.